The van der Waals surface area contributed by atoms with Crippen LogP contribution in [0.3, 0.4) is 0 Å². The van der Waals surface area contributed by atoms with Gasteiger partial charge in [0.15, 0.2) is 0 Å². The van der Waals surface area contributed by atoms with Crippen LogP contribution >= 0.6 is 22.9 Å². The van der Waals surface area contributed by atoms with E-state index in [-0.39, 0.29) is 24.5 Å². The van der Waals surface area contributed by atoms with Crippen LogP contribution in [-0.2, 0) is 11.2 Å². The Balaban J connectivity index is 1.84. The van der Waals surface area contributed by atoms with Crippen molar-refractivity contribution in [1.82, 2.24) is 0 Å². The highest BCUT2D eigenvalue weighted by Crippen LogP contribution is 2.36. The number of ether oxygens (including phenoxy) is 1. The summed E-state index contributed by atoms with van der Waals surface area (Å²) in [7, 11) is 1.68. The first-order valence-corrected chi connectivity index (χ1v) is 11.9. The maximum Gasteiger partial charge on any atom is 0.0931 e. The smallest absolute Gasteiger partial charge is 0.0931 e. The largest absolute Gasteiger partial charge is 0.394 e. The maximum atomic E-state index is 10.4. The van der Waals surface area contributed by atoms with Gasteiger partial charge in [-0.15, -0.1) is 11.3 Å². The van der Waals surface area contributed by atoms with Crippen LogP contribution in [0, 0.1) is 11.8 Å². The molecule has 5 nitrogen and oxygen atoms in total. The average molecular weight is 459 g/mol. The van der Waals surface area contributed by atoms with Crippen molar-refractivity contribution in [3.8, 4) is 0 Å². The van der Waals surface area contributed by atoms with Crippen molar-refractivity contribution in [3.05, 3.63) is 45.7 Å². The Morgan fingerprint density at radius 1 is 1.23 bits per heavy atom. The van der Waals surface area contributed by atoms with Crippen molar-refractivity contribution >= 4 is 22.9 Å². The molecule has 1 saturated carbocycles. The zero-order valence-corrected chi connectivity index (χ0v) is 19.1. The number of thiophene rings is 1. The highest BCUT2D eigenvalue weighted by molar-refractivity contribution is 7.16. The minimum atomic E-state index is -0.648. The summed E-state index contributed by atoms with van der Waals surface area (Å²) < 4.78 is 6.37. The molecular formula is C23H35ClO5S. The van der Waals surface area contributed by atoms with Gasteiger partial charge in [0.1, 0.15) is 0 Å². The van der Waals surface area contributed by atoms with E-state index in [0.717, 1.165) is 30.0 Å². The van der Waals surface area contributed by atoms with Gasteiger partial charge in [-0.3, -0.25) is 0 Å². The molecule has 30 heavy (non-hydrogen) atoms. The topological polar surface area (TPSA) is 90.2 Å². The second kappa shape index (κ2) is 13.6. The number of aliphatic hydroxyl groups is 4. The zero-order valence-electron chi connectivity index (χ0n) is 17.6. The van der Waals surface area contributed by atoms with E-state index >= 15 is 0 Å². The minimum Gasteiger partial charge on any atom is -0.394 e. The molecule has 7 heteroatoms. The lowest BCUT2D eigenvalue weighted by atomic mass is 9.89. The fourth-order valence-electron chi connectivity index (χ4n) is 3.96. The van der Waals surface area contributed by atoms with Gasteiger partial charge < -0.3 is 25.2 Å². The molecule has 1 aromatic rings. The normalized spacial score (nSPS) is 26.7. The molecule has 1 heterocycles. The van der Waals surface area contributed by atoms with Crippen LogP contribution in [-0.4, -0.2) is 58.6 Å². The van der Waals surface area contributed by atoms with Gasteiger partial charge in [-0.1, -0.05) is 35.9 Å². The molecule has 6 atom stereocenters. The van der Waals surface area contributed by atoms with E-state index in [1.807, 2.05) is 36.4 Å². The number of halogens is 1. The summed E-state index contributed by atoms with van der Waals surface area (Å²) in [4.78, 5) is 1.22. The highest BCUT2D eigenvalue weighted by Gasteiger charge is 2.39. The van der Waals surface area contributed by atoms with Gasteiger partial charge in [0, 0.05) is 24.3 Å². The number of allylic oxidation sites excluding steroid dienone is 2. The highest BCUT2D eigenvalue weighted by atomic mass is 35.5. The number of methoxy groups -OCH3 is 1. The molecule has 0 radical (unpaired) electrons. The first kappa shape index (κ1) is 25.5. The molecule has 1 aromatic heterocycles. The fourth-order valence-corrected chi connectivity index (χ4v) is 5.06. The second-order valence-corrected chi connectivity index (χ2v) is 9.79. The molecule has 170 valence electrons. The van der Waals surface area contributed by atoms with Crippen LogP contribution in [0.15, 0.2) is 36.4 Å². The SMILES string of the molecule is COC(/C=C/C1C(O)CC(O)C1C/C=C/CCCC(O)CO)CCc1ccc(Cl)s1. The Kier molecular flexibility index (Phi) is 11.6. The molecule has 0 saturated heterocycles. The lowest BCUT2D eigenvalue weighted by molar-refractivity contribution is 0.0868. The van der Waals surface area contributed by atoms with Crippen molar-refractivity contribution in [2.24, 2.45) is 11.8 Å². The van der Waals surface area contributed by atoms with Crippen LogP contribution in [0.4, 0.5) is 0 Å². The first-order valence-electron chi connectivity index (χ1n) is 10.7. The Morgan fingerprint density at radius 2 is 2.03 bits per heavy atom. The summed E-state index contributed by atoms with van der Waals surface area (Å²) in [6, 6.07) is 3.94. The summed E-state index contributed by atoms with van der Waals surface area (Å²) in [6.07, 6.45) is 11.3. The van der Waals surface area contributed by atoms with E-state index in [4.69, 9.17) is 21.4 Å². The van der Waals surface area contributed by atoms with Gasteiger partial charge in [-0.05, 0) is 56.6 Å². The Hall–Kier alpha value is -0.730. The summed E-state index contributed by atoms with van der Waals surface area (Å²) >= 11 is 7.57. The maximum absolute atomic E-state index is 10.4. The van der Waals surface area contributed by atoms with E-state index < -0.39 is 18.3 Å². The third kappa shape index (κ3) is 8.42. The molecule has 0 spiro atoms. The standard InChI is InChI=1S/C23H35ClO5S/c1-29-17(8-10-18-11-13-23(24)30-18)9-12-20-19(21(27)14-22(20)28)7-5-3-2-4-6-16(26)15-25/h3,5,9,11-13,16-17,19-22,25-28H,2,4,6-8,10,14-15H2,1H3/b5-3+,12-9+. The monoisotopic (exact) mass is 458 g/mol. The number of aryl methyl sites for hydroxylation is 1. The molecule has 2 rings (SSSR count). The van der Waals surface area contributed by atoms with Crippen molar-refractivity contribution < 1.29 is 25.2 Å². The van der Waals surface area contributed by atoms with E-state index in [9.17, 15) is 15.3 Å². The van der Waals surface area contributed by atoms with Gasteiger partial charge in [0.2, 0.25) is 0 Å². The van der Waals surface area contributed by atoms with E-state index in [1.54, 1.807) is 18.4 Å². The molecular weight excluding hydrogens is 424 g/mol. The van der Waals surface area contributed by atoms with Gasteiger partial charge >= 0.3 is 0 Å². The van der Waals surface area contributed by atoms with Gasteiger partial charge in [-0.2, -0.15) is 0 Å². The predicted molar refractivity (Wildman–Crippen MR) is 122 cm³/mol. The Bertz CT molecular complexity index is 662. The minimum absolute atomic E-state index is 0.0239. The molecule has 1 aliphatic carbocycles. The van der Waals surface area contributed by atoms with Crippen LogP contribution < -0.4 is 0 Å². The van der Waals surface area contributed by atoms with Crippen molar-refractivity contribution in [1.29, 1.82) is 0 Å². The van der Waals surface area contributed by atoms with Crippen molar-refractivity contribution in [2.75, 3.05) is 13.7 Å². The number of hydrogen-bond acceptors (Lipinski definition) is 6. The predicted octanol–water partition coefficient (Wildman–Crippen LogP) is 3.73. The summed E-state index contributed by atoms with van der Waals surface area (Å²) in [5.41, 5.74) is 0. The molecule has 0 amide bonds. The molecule has 0 aliphatic heterocycles. The summed E-state index contributed by atoms with van der Waals surface area (Å²) in [5, 5.41) is 39.0. The van der Waals surface area contributed by atoms with Crippen LogP contribution in [0.5, 0.6) is 0 Å². The zero-order chi connectivity index (χ0) is 21.9. The Labute approximate surface area is 188 Å². The third-order valence-corrected chi connectivity index (χ3v) is 7.06. The molecule has 4 N–H and O–H groups in total. The number of unbranched alkanes of at least 4 members (excludes halogenated alkanes) is 1. The van der Waals surface area contributed by atoms with Gasteiger partial charge in [-0.25, -0.2) is 0 Å². The van der Waals surface area contributed by atoms with Gasteiger partial charge in [0.25, 0.3) is 0 Å². The molecule has 1 aliphatic rings. The average Bonchev–Trinajstić information content (AvgIpc) is 3.26. The van der Waals surface area contributed by atoms with Gasteiger partial charge in [0.05, 0.1) is 35.4 Å². The fraction of sp³-hybridized carbons (Fsp3) is 0.652. The van der Waals surface area contributed by atoms with Crippen molar-refractivity contribution in [3.63, 3.8) is 0 Å². The lowest BCUT2D eigenvalue weighted by Crippen LogP contribution is -2.20. The van der Waals surface area contributed by atoms with Crippen molar-refractivity contribution in [2.45, 2.75) is 69.4 Å². The molecule has 0 bridgehead atoms. The Morgan fingerprint density at radius 3 is 2.70 bits per heavy atom. The van der Waals surface area contributed by atoms with E-state index in [2.05, 4.69) is 0 Å². The number of rotatable bonds is 13. The van der Waals surface area contributed by atoms with Crippen LogP contribution in [0.2, 0.25) is 4.34 Å². The lowest BCUT2D eigenvalue weighted by Gasteiger charge is -2.20. The first-order chi connectivity index (χ1) is 14.4. The van der Waals surface area contributed by atoms with Crippen LogP contribution in [0.1, 0.15) is 43.4 Å². The quantitative estimate of drug-likeness (QED) is 0.267. The van der Waals surface area contributed by atoms with E-state index in [0.29, 0.717) is 19.3 Å². The summed E-state index contributed by atoms with van der Waals surface area (Å²) in [6.45, 7) is -0.201. The van der Waals surface area contributed by atoms with Crippen LogP contribution in [0.25, 0.3) is 0 Å². The number of aliphatic hydroxyl groups excluding tert-OH is 4. The third-order valence-electron chi connectivity index (χ3n) is 5.76. The van der Waals surface area contributed by atoms with E-state index in [1.165, 1.54) is 4.88 Å². The molecule has 0 aromatic carbocycles. The summed E-state index contributed by atoms with van der Waals surface area (Å²) in [5.74, 6) is -0.126. The molecule has 1 fully saturated rings. The molecule has 6 unspecified atom stereocenters. The number of hydrogen-bond donors (Lipinski definition) is 4. The second-order valence-electron chi connectivity index (χ2n) is 7.99.